The molecule has 1 atom stereocenters. The number of carbonyl (C=O) groups excluding carboxylic acids is 1. The molecule has 0 aromatic carbocycles. The van der Waals surface area contributed by atoms with Crippen LogP contribution in [0.2, 0.25) is 0 Å². The van der Waals surface area contributed by atoms with Crippen molar-refractivity contribution < 1.29 is 4.79 Å². The fourth-order valence-corrected chi connectivity index (χ4v) is 2.03. The maximum absolute atomic E-state index is 11.9. The normalized spacial score (nSPS) is 13.3. The van der Waals surface area contributed by atoms with Crippen molar-refractivity contribution in [3.8, 4) is 0 Å². The third-order valence-electron chi connectivity index (χ3n) is 3.36. The van der Waals surface area contributed by atoms with Crippen molar-refractivity contribution in [2.45, 2.75) is 46.1 Å². The van der Waals surface area contributed by atoms with Gasteiger partial charge in [0.15, 0.2) is 5.82 Å². The Kier molecular flexibility index (Phi) is 5.47. The minimum absolute atomic E-state index is 0.0422. The van der Waals surface area contributed by atoms with E-state index >= 15 is 0 Å². The Labute approximate surface area is 114 Å². The number of nitrogens with one attached hydrogen (secondary N) is 1. The van der Waals surface area contributed by atoms with E-state index in [0.717, 1.165) is 18.7 Å². The van der Waals surface area contributed by atoms with E-state index in [4.69, 9.17) is 5.73 Å². The highest BCUT2D eigenvalue weighted by molar-refractivity contribution is 5.76. The minimum atomic E-state index is -0.127. The average molecular weight is 267 g/mol. The van der Waals surface area contributed by atoms with Gasteiger partial charge in [-0.1, -0.05) is 13.8 Å². The Bertz CT molecular complexity index is 413. The highest BCUT2D eigenvalue weighted by atomic mass is 16.1. The average Bonchev–Trinajstić information content (AvgIpc) is 2.73. The molecule has 0 aliphatic rings. The van der Waals surface area contributed by atoms with E-state index in [0.29, 0.717) is 13.0 Å². The van der Waals surface area contributed by atoms with Crippen molar-refractivity contribution in [1.82, 2.24) is 20.1 Å². The van der Waals surface area contributed by atoms with E-state index in [-0.39, 0.29) is 17.4 Å². The molecule has 0 saturated heterocycles. The molecule has 1 amide bonds. The summed E-state index contributed by atoms with van der Waals surface area (Å²) in [7, 11) is 1.86. The molecule has 1 heterocycles. The fourth-order valence-electron chi connectivity index (χ4n) is 2.03. The van der Waals surface area contributed by atoms with Crippen LogP contribution in [0, 0.1) is 5.41 Å². The number of carbonyl (C=O) groups is 1. The molecule has 0 bridgehead atoms. The Morgan fingerprint density at radius 3 is 2.74 bits per heavy atom. The molecule has 0 radical (unpaired) electrons. The summed E-state index contributed by atoms with van der Waals surface area (Å²) in [4.78, 5) is 11.9. The summed E-state index contributed by atoms with van der Waals surface area (Å²) in [5.74, 6) is 0.801. The lowest BCUT2D eigenvalue weighted by Crippen LogP contribution is -2.29. The van der Waals surface area contributed by atoms with Crippen LogP contribution in [0.3, 0.4) is 0 Å². The first-order valence-corrected chi connectivity index (χ1v) is 6.69. The molecular formula is C13H25N5O. The largest absolute Gasteiger partial charge is 0.346 e. The second kappa shape index (κ2) is 6.65. The molecule has 19 heavy (non-hydrogen) atoms. The molecule has 108 valence electrons. The number of aromatic nitrogens is 3. The van der Waals surface area contributed by atoms with Gasteiger partial charge in [0.2, 0.25) is 5.91 Å². The number of amides is 1. The van der Waals surface area contributed by atoms with Gasteiger partial charge in [0.25, 0.3) is 0 Å². The second-order valence-electron chi connectivity index (χ2n) is 5.79. The molecule has 0 saturated carbocycles. The summed E-state index contributed by atoms with van der Waals surface area (Å²) in [6, 6.07) is -0.127. The topological polar surface area (TPSA) is 85.8 Å². The van der Waals surface area contributed by atoms with Crippen LogP contribution in [0.1, 0.15) is 51.9 Å². The van der Waals surface area contributed by atoms with Gasteiger partial charge in [-0.15, -0.1) is 10.2 Å². The summed E-state index contributed by atoms with van der Waals surface area (Å²) >= 11 is 0. The number of nitrogens with two attached hydrogens (primary N) is 1. The second-order valence-corrected chi connectivity index (χ2v) is 5.79. The maximum Gasteiger partial charge on any atom is 0.220 e. The highest BCUT2D eigenvalue weighted by Gasteiger charge is 2.20. The molecule has 0 aliphatic carbocycles. The fraction of sp³-hybridized carbons (Fsp3) is 0.769. The first-order valence-electron chi connectivity index (χ1n) is 6.69. The van der Waals surface area contributed by atoms with Crippen molar-refractivity contribution >= 4 is 5.91 Å². The van der Waals surface area contributed by atoms with E-state index < -0.39 is 0 Å². The van der Waals surface area contributed by atoms with Gasteiger partial charge in [-0.05, 0) is 31.7 Å². The van der Waals surface area contributed by atoms with Gasteiger partial charge < -0.3 is 15.6 Å². The zero-order chi connectivity index (χ0) is 14.5. The third-order valence-corrected chi connectivity index (χ3v) is 3.36. The van der Waals surface area contributed by atoms with E-state index in [9.17, 15) is 4.79 Å². The predicted octanol–water partition coefficient (Wildman–Crippen LogP) is 1.15. The summed E-state index contributed by atoms with van der Waals surface area (Å²) in [5, 5.41) is 10.7. The van der Waals surface area contributed by atoms with Crippen molar-refractivity contribution in [3.63, 3.8) is 0 Å². The summed E-state index contributed by atoms with van der Waals surface area (Å²) in [6.07, 6.45) is 3.90. The Hall–Kier alpha value is -1.43. The number of rotatable bonds is 7. The molecule has 1 aromatic heterocycles. The maximum atomic E-state index is 11.9. The van der Waals surface area contributed by atoms with Crippen LogP contribution in [-0.4, -0.2) is 27.2 Å². The van der Waals surface area contributed by atoms with Gasteiger partial charge in [-0.25, -0.2) is 0 Å². The first kappa shape index (κ1) is 15.6. The lowest BCUT2D eigenvalue weighted by atomic mass is 9.84. The Balaban J connectivity index is 2.42. The van der Waals surface area contributed by atoms with Crippen molar-refractivity contribution in [3.05, 3.63) is 12.2 Å². The smallest absolute Gasteiger partial charge is 0.220 e. The summed E-state index contributed by atoms with van der Waals surface area (Å²) < 4.78 is 1.81. The van der Waals surface area contributed by atoms with Gasteiger partial charge in [-0.2, -0.15) is 0 Å². The van der Waals surface area contributed by atoms with Crippen LogP contribution in [0.4, 0.5) is 0 Å². The van der Waals surface area contributed by atoms with E-state index in [1.807, 2.05) is 18.5 Å². The monoisotopic (exact) mass is 267 g/mol. The Morgan fingerprint density at radius 1 is 1.53 bits per heavy atom. The van der Waals surface area contributed by atoms with Crippen molar-refractivity contribution in [2.75, 3.05) is 6.54 Å². The minimum Gasteiger partial charge on any atom is -0.346 e. The van der Waals surface area contributed by atoms with Crippen molar-refractivity contribution in [2.24, 2.45) is 18.2 Å². The van der Waals surface area contributed by atoms with Crippen LogP contribution < -0.4 is 11.1 Å². The van der Waals surface area contributed by atoms with Crippen LogP contribution in [0.25, 0.3) is 0 Å². The molecule has 1 aromatic rings. The number of hydrogen-bond acceptors (Lipinski definition) is 4. The van der Waals surface area contributed by atoms with Crippen LogP contribution in [0.15, 0.2) is 6.33 Å². The lowest BCUT2D eigenvalue weighted by molar-refractivity contribution is -0.122. The SMILES string of the molecule is CC(NC(=O)CCC(C)(C)CCN)c1nncn1C. The molecule has 1 unspecified atom stereocenters. The molecule has 6 nitrogen and oxygen atoms in total. The third kappa shape index (κ3) is 4.98. The molecule has 0 spiro atoms. The zero-order valence-electron chi connectivity index (χ0n) is 12.3. The first-order chi connectivity index (χ1) is 8.85. The standard InChI is InChI=1S/C13H25N5O/c1-10(12-17-15-9-18(12)4)16-11(19)5-6-13(2,3)7-8-14/h9-10H,5-8,14H2,1-4H3,(H,16,19). The number of hydrogen-bond donors (Lipinski definition) is 2. The van der Waals surface area contributed by atoms with Crippen LogP contribution >= 0.6 is 0 Å². The van der Waals surface area contributed by atoms with Crippen LogP contribution in [0.5, 0.6) is 0 Å². The molecule has 3 N–H and O–H groups in total. The lowest BCUT2D eigenvalue weighted by Gasteiger charge is -2.23. The van der Waals surface area contributed by atoms with Gasteiger partial charge in [0, 0.05) is 13.5 Å². The van der Waals surface area contributed by atoms with E-state index in [1.54, 1.807) is 6.33 Å². The zero-order valence-corrected chi connectivity index (χ0v) is 12.3. The molecule has 1 rings (SSSR count). The van der Waals surface area contributed by atoms with Crippen LogP contribution in [-0.2, 0) is 11.8 Å². The highest BCUT2D eigenvalue weighted by Crippen LogP contribution is 2.25. The van der Waals surface area contributed by atoms with E-state index in [2.05, 4.69) is 29.4 Å². The Morgan fingerprint density at radius 2 is 2.21 bits per heavy atom. The van der Waals surface area contributed by atoms with Gasteiger partial charge in [-0.3, -0.25) is 4.79 Å². The summed E-state index contributed by atoms with van der Waals surface area (Å²) in [6.45, 7) is 6.84. The number of nitrogens with zero attached hydrogens (tertiary/aromatic N) is 3. The van der Waals surface area contributed by atoms with E-state index in [1.165, 1.54) is 0 Å². The predicted molar refractivity (Wildman–Crippen MR) is 74.2 cm³/mol. The molecule has 6 heteroatoms. The quantitative estimate of drug-likeness (QED) is 0.776. The molecule has 0 fully saturated rings. The van der Waals surface area contributed by atoms with Gasteiger partial charge in [0.1, 0.15) is 6.33 Å². The molecular weight excluding hydrogens is 242 g/mol. The number of aryl methyl sites for hydroxylation is 1. The molecule has 0 aliphatic heterocycles. The van der Waals surface area contributed by atoms with Gasteiger partial charge in [0.05, 0.1) is 6.04 Å². The summed E-state index contributed by atoms with van der Waals surface area (Å²) in [5.41, 5.74) is 5.68. The van der Waals surface area contributed by atoms with Gasteiger partial charge >= 0.3 is 0 Å². The van der Waals surface area contributed by atoms with Crippen molar-refractivity contribution in [1.29, 1.82) is 0 Å².